The van der Waals surface area contributed by atoms with Crippen LogP contribution in [0.25, 0.3) is 0 Å². The van der Waals surface area contributed by atoms with Gasteiger partial charge in [-0.1, -0.05) is 57.9 Å². The topological polar surface area (TPSA) is 20.2 Å². The first-order chi connectivity index (χ1) is 14.2. The minimum atomic E-state index is -0.0839. The molecule has 0 aromatic carbocycles. The summed E-state index contributed by atoms with van der Waals surface area (Å²) in [5.41, 5.74) is 4.21. The Balaban J connectivity index is 1.49. The highest BCUT2D eigenvalue weighted by molar-refractivity contribution is 5.25. The van der Waals surface area contributed by atoms with Gasteiger partial charge in [-0.3, -0.25) is 0 Å². The van der Waals surface area contributed by atoms with E-state index in [2.05, 4.69) is 53.7 Å². The smallest absolute Gasteiger partial charge is 0.0577 e. The van der Waals surface area contributed by atoms with E-state index in [0.29, 0.717) is 16.7 Å². The molecule has 4 rings (SSSR count). The van der Waals surface area contributed by atoms with Gasteiger partial charge in [0.25, 0.3) is 0 Å². The van der Waals surface area contributed by atoms with E-state index in [4.69, 9.17) is 0 Å². The Bertz CT molecular complexity index is 686. The largest absolute Gasteiger partial charge is 0.393 e. The quantitative estimate of drug-likeness (QED) is 0.454. The van der Waals surface area contributed by atoms with Crippen molar-refractivity contribution >= 4 is 0 Å². The second-order valence-corrected chi connectivity index (χ2v) is 12.4. The maximum atomic E-state index is 10.2. The van der Waals surface area contributed by atoms with Gasteiger partial charge in [0.2, 0.25) is 0 Å². The lowest BCUT2D eigenvalue weighted by atomic mass is 9.47. The molecular weight excluding hydrogens is 364 g/mol. The van der Waals surface area contributed by atoms with Gasteiger partial charge in [0.15, 0.2) is 0 Å². The van der Waals surface area contributed by atoms with Crippen LogP contribution in [0.5, 0.6) is 0 Å². The molecule has 3 fully saturated rings. The van der Waals surface area contributed by atoms with Crippen LogP contribution in [0.15, 0.2) is 23.3 Å². The highest BCUT2D eigenvalue weighted by atomic mass is 16.3. The summed E-state index contributed by atoms with van der Waals surface area (Å²) in [4.78, 5) is 0. The van der Waals surface area contributed by atoms with Crippen molar-refractivity contribution in [2.45, 2.75) is 112 Å². The van der Waals surface area contributed by atoms with Crippen LogP contribution in [0, 0.1) is 46.3 Å². The third-order valence-corrected chi connectivity index (χ3v) is 10.8. The summed E-state index contributed by atoms with van der Waals surface area (Å²) in [7, 11) is 0. The maximum Gasteiger partial charge on any atom is 0.0577 e. The van der Waals surface area contributed by atoms with Crippen molar-refractivity contribution < 1.29 is 5.11 Å². The number of aliphatic hydroxyl groups is 1. The van der Waals surface area contributed by atoms with Gasteiger partial charge >= 0.3 is 0 Å². The molecule has 0 amide bonds. The fraction of sp³-hybridized carbons (Fsp3) is 0.862. The van der Waals surface area contributed by atoms with Crippen LogP contribution in [0.1, 0.15) is 106 Å². The van der Waals surface area contributed by atoms with Gasteiger partial charge in [0.1, 0.15) is 0 Å². The van der Waals surface area contributed by atoms with Crippen molar-refractivity contribution in [1.29, 1.82) is 0 Å². The first kappa shape index (κ1) is 22.6. The van der Waals surface area contributed by atoms with Crippen LogP contribution < -0.4 is 0 Å². The molecular formula is C29H48O. The van der Waals surface area contributed by atoms with Crippen molar-refractivity contribution in [3.05, 3.63) is 23.3 Å². The third kappa shape index (κ3) is 3.66. The van der Waals surface area contributed by atoms with Crippen molar-refractivity contribution in [3.8, 4) is 0 Å². The molecule has 170 valence electrons. The van der Waals surface area contributed by atoms with Gasteiger partial charge in [0, 0.05) is 0 Å². The molecule has 4 aliphatic carbocycles. The summed E-state index contributed by atoms with van der Waals surface area (Å²) in [5.74, 6) is 5.15. The Morgan fingerprint density at radius 1 is 1.10 bits per heavy atom. The predicted molar refractivity (Wildman–Crippen MR) is 128 cm³/mol. The molecule has 0 radical (unpaired) electrons. The van der Waals surface area contributed by atoms with E-state index in [1.165, 1.54) is 51.4 Å². The number of aliphatic hydroxyl groups excluding tert-OH is 1. The molecule has 1 heteroatoms. The fourth-order valence-electron chi connectivity index (χ4n) is 8.98. The normalized spacial score (nSPS) is 44.9. The number of rotatable bonds is 5. The van der Waals surface area contributed by atoms with Crippen molar-refractivity contribution in [1.82, 2.24) is 0 Å². The first-order valence-corrected chi connectivity index (χ1v) is 13.2. The van der Waals surface area contributed by atoms with Crippen LogP contribution in [0.3, 0.4) is 0 Å². The van der Waals surface area contributed by atoms with Crippen LogP contribution in [-0.4, -0.2) is 11.2 Å². The summed E-state index contributed by atoms with van der Waals surface area (Å²) < 4.78 is 0. The Hall–Kier alpha value is -0.560. The molecule has 4 aliphatic rings. The Morgan fingerprint density at radius 2 is 1.87 bits per heavy atom. The van der Waals surface area contributed by atoms with Gasteiger partial charge in [0.05, 0.1) is 6.10 Å². The fourth-order valence-corrected chi connectivity index (χ4v) is 8.98. The minimum absolute atomic E-state index is 0.0839. The second-order valence-electron chi connectivity index (χ2n) is 12.4. The number of hydrogen-bond acceptors (Lipinski definition) is 1. The molecule has 0 bridgehead atoms. The van der Waals surface area contributed by atoms with E-state index in [0.717, 1.165) is 42.4 Å². The van der Waals surface area contributed by atoms with Crippen molar-refractivity contribution in [2.75, 3.05) is 0 Å². The molecule has 0 aromatic rings. The molecule has 0 unspecified atom stereocenters. The lowest BCUT2D eigenvalue weighted by Crippen LogP contribution is -2.50. The van der Waals surface area contributed by atoms with Crippen molar-refractivity contribution in [2.24, 2.45) is 46.3 Å². The molecule has 0 aliphatic heterocycles. The molecule has 0 saturated heterocycles. The van der Waals surface area contributed by atoms with E-state index in [1.807, 2.05) is 0 Å². The van der Waals surface area contributed by atoms with E-state index < -0.39 is 0 Å². The monoisotopic (exact) mass is 412 g/mol. The molecule has 0 aromatic heterocycles. The lowest BCUT2D eigenvalue weighted by Gasteiger charge is -2.58. The van der Waals surface area contributed by atoms with Gasteiger partial charge in [-0.05, 0) is 117 Å². The molecule has 3 saturated carbocycles. The first-order valence-electron chi connectivity index (χ1n) is 13.2. The predicted octanol–water partition coefficient (Wildman–Crippen LogP) is 7.94. The number of fused-ring (bicyclic) bond motifs is 5. The van der Waals surface area contributed by atoms with Crippen LogP contribution in [0.4, 0.5) is 0 Å². The Labute approximate surface area is 186 Å². The molecule has 0 heterocycles. The van der Waals surface area contributed by atoms with Gasteiger partial charge in [-0.25, -0.2) is 0 Å². The number of allylic oxidation sites excluding steroid dienone is 3. The van der Waals surface area contributed by atoms with Crippen LogP contribution in [-0.2, 0) is 0 Å². The van der Waals surface area contributed by atoms with Crippen molar-refractivity contribution in [3.63, 3.8) is 0 Å². The molecule has 30 heavy (non-hydrogen) atoms. The van der Waals surface area contributed by atoms with E-state index >= 15 is 0 Å². The Morgan fingerprint density at radius 3 is 2.57 bits per heavy atom. The van der Waals surface area contributed by atoms with Crippen LogP contribution in [0.2, 0.25) is 0 Å². The molecule has 8 atom stereocenters. The average molecular weight is 413 g/mol. The molecule has 0 spiro atoms. The zero-order chi connectivity index (χ0) is 21.7. The van der Waals surface area contributed by atoms with Gasteiger partial charge in [-0.15, -0.1) is 0 Å². The van der Waals surface area contributed by atoms with E-state index in [-0.39, 0.29) is 6.10 Å². The maximum absolute atomic E-state index is 10.2. The zero-order valence-electron chi connectivity index (χ0n) is 20.7. The summed E-state index contributed by atoms with van der Waals surface area (Å²) in [5, 5.41) is 10.2. The summed E-state index contributed by atoms with van der Waals surface area (Å²) in [6, 6.07) is 0. The molecule has 1 N–H and O–H groups in total. The SMILES string of the molecule is C/C=C(\CC[C@H](C)[C@H]1CC[C@@H]2[C@@H]3CC=C4C[C@H](O)CC[C@@]4(C)[C@H]3CC[C@@]21C)C(C)C. The highest BCUT2D eigenvalue weighted by Crippen LogP contribution is 2.67. The van der Waals surface area contributed by atoms with Gasteiger partial charge < -0.3 is 5.11 Å². The third-order valence-electron chi connectivity index (χ3n) is 10.8. The number of hydrogen-bond donors (Lipinski definition) is 1. The van der Waals surface area contributed by atoms with E-state index in [1.54, 1.807) is 11.1 Å². The Kier molecular flexibility index (Phi) is 6.35. The summed E-state index contributed by atoms with van der Waals surface area (Å²) >= 11 is 0. The summed E-state index contributed by atoms with van der Waals surface area (Å²) in [6.07, 6.45) is 17.8. The highest BCUT2D eigenvalue weighted by Gasteiger charge is 2.59. The second kappa shape index (κ2) is 8.42. The average Bonchev–Trinajstić information content (AvgIpc) is 3.06. The van der Waals surface area contributed by atoms with E-state index in [9.17, 15) is 5.11 Å². The molecule has 1 nitrogen and oxygen atoms in total. The zero-order valence-corrected chi connectivity index (χ0v) is 20.7. The lowest BCUT2D eigenvalue weighted by molar-refractivity contribution is -0.0571. The summed E-state index contributed by atoms with van der Waals surface area (Å²) in [6.45, 7) is 14.7. The minimum Gasteiger partial charge on any atom is -0.393 e. The standard InChI is InChI=1S/C29H48O/c1-7-21(19(2)3)9-8-20(4)25-12-13-26-24-11-10-22-18-23(30)14-16-28(22,5)27(24)15-17-29(25,26)6/h7,10,19-20,23-27,30H,8-9,11-18H2,1-6H3/b21-7+/t20-,23+,24-,25+,26+,27-,28+,29+/m0/s1. The van der Waals surface area contributed by atoms with Gasteiger partial charge in [-0.2, -0.15) is 0 Å². The van der Waals surface area contributed by atoms with Crippen LogP contribution >= 0.6 is 0 Å².